The van der Waals surface area contributed by atoms with Gasteiger partial charge in [-0.25, -0.2) is 0 Å². The molecule has 0 spiro atoms. The number of ketones is 1. The lowest BCUT2D eigenvalue weighted by molar-refractivity contribution is -0.124. The number of benzene rings is 1. The zero-order valence-corrected chi connectivity index (χ0v) is 15.3. The first-order valence-corrected chi connectivity index (χ1v) is 9.56. The molecule has 2 aliphatic carbocycles. The SMILES string of the molecule is CC(C(=O)CCCc1ccc2c(c1)CCC(C(N)=O)C2)C(C)C1C=C1. The van der Waals surface area contributed by atoms with Crippen LogP contribution in [0.1, 0.15) is 49.8 Å². The molecule has 3 unspecified atom stereocenters. The summed E-state index contributed by atoms with van der Waals surface area (Å²) in [5.74, 6) is 1.33. The summed E-state index contributed by atoms with van der Waals surface area (Å²) in [6, 6.07) is 6.55. The summed E-state index contributed by atoms with van der Waals surface area (Å²) >= 11 is 0. The highest BCUT2D eigenvalue weighted by Crippen LogP contribution is 2.32. The highest BCUT2D eigenvalue weighted by Gasteiger charge is 2.28. The van der Waals surface area contributed by atoms with E-state index in [-0.39, 0.29) is 17.7 Å². The van der Waals surface area contributed by atoms with Gasteiger partial charge in [-0.05, 0) is 60.6 Å². The normalized spacial score (nSPS) is 21.4. The Morgan fingerprint density at radius 2 is 1.96 bits per heavy atom. The molecule has 3 heteroatoms. The van der Waals surface area contributed by atoms with Crippen LogP contribution in [-0.4, -0.2) is 11.7 Å². The Bertz CT molecular complexity index is 685. The van der Waals surface area contributed by atoms with Crippen molar-refractivity contribution in [1.82, 2.24) is 0 Å². The number of fused-ring (bicyclic) bond motifs is 1. The molecule has 3 atom stereocenters. The van der Waals surface area contributed by atoms with Gasteiger partial charge in [0, 0.05) is 18.3 Å². The maximum Gasteiger partial charge on any atom is 0.220 e. The van der Waals surface area contributed by atoms with Crippen molar-refractivity contribution in [3.05, 3.63) is 47.0 Å². The lowest BCUT2D eigenvalue weighted by atomic mass is 9.82. The van der Waals surface area contributed by atoms with E-state index in [0.29, 0.717) is 24.0 Å². The summed E-state index contributed by atoms with van der Waals surface area (Å²) in [4.78, 5) is 23.7. The van der Waals surface area contributed by atoms with Crippen LogP contribution in [0.5, 0.6) is 0 Å². The minimum atomic E-state index is -0.182. The number of Topliss-reactive ketones (excluding diaryl/α,β-unsaturated/α-hetero) is 1. The average Bonchev–Trinajstić information content (AvgIpc) is 3.44. The number of amides is 1. The molecule has 0 saturated carbocycles. The summed E-state index contributed by atoms with van der Waals surface area (Å²) in [7, 11) is 0. The third kappa shape index (κ3) is 4.39. The molecular formula is C22H29NO2. The molecule has 0 saturated heterocycles. The van der Waals surface area contributed by atoms with Crippen molar-refractivity contribution in [2.75, 3.05) is 0 Å². The van der Waals surface area contributed by atoms with Crippen molar-refractivity contribution < 1.29 is 9.59 Å². The monoisotopic (exact) mass is 339 g/mol. The Labute approximate surface area is 150 Å². The van der Waals surface area contributed by atoms with E-state index in [1.54, 1.807) is 0 Å². The van der Waals surface area contributed by atoms with Crippen LogP contribution in [-0.2, 0) is 28.9 Å². The first-order chi connectivity index (χ1) is 12.0. The Morgan fingerprint density at radius 3 is 2.64 bits per heavy atom. The molecule has 0 aromatic heterocycles. The van der Waals surface area contributed by atoms with E-state index in [2.05, 4.69) is 44.2 Å². The molecular weight excluding hydrogens is 310 g/mol. The molecule has 2 N–H and O–H groups in total. The van der Waals surface area contributed by atoms with Crippen LogP contribution in [0.4, 0.5) is 0 Å². The molecule has 0 bridgehead atoms. The van der Waals surface area contributed by atoms with Gasteiger partial charge in [0.1, 0.15) is 5.78 Å². The molecule has 0 heterocycles. The minimum absolute atomic E-state index is 0.0135. The first-order valence-electron chi connectivity index (χ1n) is 9.56. The number of hydrogen-bond acceptors (Lipinski definition) is 2. The lowest BCUT2D eigenvalue weighted by Crippen LogP contribution is -2.28. The van der Waals surface area contributed by atoms with E-state index < -0.39 is 0 Å². The maximum absolute atomic E-state index is 12.4. The van der Waals surface area contributed by atoms with Crippen LogP contribution in [0.25, 0.3) is 0 Å². The highest BCUT2D eigenvalue weighted by atomic mass is 16.1. The molecule has 3 rings (SSSR count). The van der Waals surface area contributed by atoms with Crippen molar-refractivity contribution in [3.8, 4) is 0 Å². The second-order valence-corrected chi connectivity index (χ2v) is 7.88. The maximum atomic E-state index is 12.4. The average molecular weight is 339 g/mol. The predicted octanol–water partition coefficient (Wildman–Crippen LogP) is 3.63. The molecule has 0 aliphatic heterocycles. The van der Waals surface area contributed by atoms with Crippen LogP contribution in [0.3, 0.4) is 0 Å². The molecule has 1 aromatic carbocycles. The smallest absolute Gasteiger partial charge is 0.220 e. The number of aryl methyl sites for hydroxylation is 2. The fraction of sp³-hybridized carbons (Fsp3) is 0.545. The van der Waals surface area contributed by atoms with Gasteiger partial charge in [-0.3, -0.25) is 9.59 Å². The van der Waals surface area contributed by atoms with Gasteiger partial charge in [0.25, 0.3) is 0 Å². The highest BCUT2D eigenvalue weighted by molar-refractivity contribution is 5.81. The first kappa shape index (κ1) is 17.9. The number of carbonyl (C=O) groups excluding carboxylic acids is 2. The van der Waals surface area contributed by atoms with Crippen molar-refractivity contribution >= 4 is 11.7 Å². The predicted molar refractivity (Wildman–Crippen MR) is 100 cm³/mol. The van der Waals surface area contributed by atoms with Crippen molar-refractivity contribution in [3.63, 3.8) is 0 Å². The second-order valence-electron chi connectivity index (χ2n) is 7.88. The van der Waals surface area contributed by atoms with Gasteiger partial charge in [0.2, 0.25) is 5.91 Å². The van der Waals surface area contributed by atoms with E-state index in [1.165, 1.54) is 16.7 Å². The summed E-state index contributed by atoms with van der Waals surface area (Å²) < 4.78 is 0. The summed E-state index contributed by atoms with van der Waals surface area (Å²) in [6.07, 6.45) is 9.45. The Hall–Kier alpha value is -1.90. The zero-order valence-electron chi connectivity index (χ0n) is 15.3. The number of hydrogen-bond donors (Lipinski definition) is 1. The molecule has 2 aliphatic rings. The van der Waals surface area contributed by atoms with Crippen LogP contribution in [0.15, 0.2) is 30.4 Å². The molecule has 0 fully saturated rings. The fourth-order valence-corrected chi connectivity index (χ4v) is 3.94. The van der Waals surface area contributed by atoms with Crippen molar-refractivity contribution in [2.45, 2.75) is 52.4 Å². The number of rotatable bonds is 8. The van der Waals surface area contributed by atoms with Gasteiger partial charge >= 0.3 is 0 Å². The van der Waals surface area contributed by atoms with Gasteiger partial charge in [0.15, 0.2) is 0 Å². The second kappa shape index (κ2) is 7.55. The molecule has 1 aromatic rings. The number of carbonyl (C=O) groups is 2. The van der Waals surface area contributed by atoms with Gasteiger partial charge in [0.05, 0.1) is 0 Å². The van der Waals surface area contributed by atoms with E-state index in [9.17, 15) is 9.59 Å². The standard InChI is InChI=1S/C22H29NO2/c1-14(17-8-9-17)15(2)21(24)5-3-4-16-6-7-19-13-20(22(23)25)11-10-18(19)12-16/h6-9,12,14-15,17,20H,3-5,10-11,13H2,1-2H3,(H2,23,25). The van der Waals surface area contributed by atoms with E-state index >= 15 is 0 Å². The van der Waals surface area contributed by atoms with Crippen molar-refractivity contribution in [2.24, 2.45) is 29.4 Å². The quantitative estimate of drug-likeness (QED) is 0.735. The summed E-state index contributed by atoms with van der Waals surface area (Å²) in [5.41, 5.74) is 9.35. The topological polar surface area (TPSA) is 60.2 Å². The van der Waals surface area contributed by atoms with Gasteiger partial charge in [-0.15, -0.1) is 0 Å². The number of allylic oxidation sites excluding steroid dienone is 2. The van der Waals surface area contributed by atoms with Gasteiger partial charge in [-0.1, -0.05) is 44.2 Å². The fourth-order valence-electron chi connectivity index (χ4n) is 3.94. The van der Waals surface area contributed by atoms with Crippen LogP contribution in [0.2, 0.25) is 0 Å². The summed E-state index contributed by atoms with van der Waals surface area (Å²) in [5, 5.41) is 0. The number of nitrogens with two attached hydrogens (primary N) is 1. The van der Waals surface area contributed by atoms with Crippen molar-refractivity contribution in [1.29, 1.82) is 0 Å². The molecule has 134 valence electrons. The van der Waals surface area contributed by atoms with Crippen LogP contribution in [0, 0.1) is 23.7 Å². The largest absolute Gasteiger partial charge is 0.369 e. The lowest BCUT2D eigenvalue weighted by Gasteiger charge is -2.23. The summed E-state index contributed by atoms with van der Waals surface area (Å²) in [6.45, 7) is 4.25. The van der Waals surface area contributed by atoms with E-state index in [0.717, 1.165) is 32.1 Å². The van der Waals surface area contributed by atoms with E-state index in [1.807, 2.05) is 0 Å². The molecule has 1 amide bonds. The number of primary amides is 1. The van der Waals surface area contributed by atoms with Crippen LogP contribution < -0.4 is 5.73 Å². The third-order valence-electron chi connectivity index (χ3n) is 6.11. The van der Waals surface area contributed by atoms with Gasteiger partial charge in [-0.2, -0.15) is 0 Å². The van der Waals surface area contributed by atoms with Gasteiger partial charge < -0.3 is 5.73 Å². The molecule has 0 radical (unpaired) electrons. The molecule has 3 nitrogen and oxygen atoms in total. The minimum Gasteiger partial charge on any atom is -0.369 e. The Morgan fingerprint density at radius 1 is 1.20 bits per heavy atom. The Balaban J connectivity index is 1.49. The van der Waals surface area contributed by atoms with Crippen LogP contribution >= 0.6 is 0 Å². The van der Waals surface area contributed by atoms with E-state index in [4.69, 9.17) is 5.73 Å². The Kier molecular flexibility index (Phi) is 5.41. The zero-order chi connectivity index (χ0) is 18.0. The molecule has 25 heavy (non-hydrogen) atoms. The third-order valence-corrected chi connectivity index (χ3v) is 6.11.